The van der Waals surface area contributed by atoms with Crippen molar-refractivity contribution >= 4 is 17.5 Å². The predicted molar refractivity (Wildman–Crippen MR) is 89.6 cm³/mol. The van der Waals surface area contributed by atoms with E-state index in [1.165, 1.54) is 22.9 Å². The SMILES string of the molecule is Cc1ccc2ncc(C(=O)NCCNC(=O)c3ccco3)c(=O)n2c1. The Hall–Kier alpha value is -3.42. The fourth-order valence-electron chi connectivity index (χ4n) is 2.28. The molecule has 3 rings (SSSR count). The second-order valence-electron chi connectivity index (χ2n) is 5.40. The Morgan fingerprint density at radius 2 is 1.92 bits per heavy atom. The molecule has 0 radical (unpaired) electrons. The highest BCUT2D eigenvalue weighted by molar-refractivity contribution is 5.94. The summed E-state index contributed by atoms with van der Waals surface area (Å²) in [4.78, 5) is 40.4. The zero-order valence-electron chi connectivity index (χ0n) is 13.5. The molecule has 0 aliphatic rings. The van der Waals surface area contributed by atoms with Gasteiger partial charge in [-0.3, -0.25) is 18.8 Å². The van der Waals surface area contributed by atoms with Crippen molar-refractivity contribution in [3.63, 3.8) is 0 Å². The van der Waals surface area contributed by atoms with Gasteiger partial charge in [0.15, 0.2) is 5.76 Å². The summed E-state index contributed by atoms with van der Waals surface area (Å²) in [6, 6.07) is 6.70. The number of rotatable bonds is 5. The highest BCUT2D eigenvalue weighted by Crippen LogP contribution is 2.02. The lowest BCUT2D eigenvalue weighted by atomic mass is 10.2. The summed E-state index contributed by atoms with van der Waals surface area (Å²) in [6.45, 7) is 2.22. The van der Waals surface area contributed by atoms with Crippen LogP contribution in [0.15, 0.2) is 52.1 Å². The third-order valence-electron chi connectivity index (χ3n) is 3.54. The van der Waals surface area contributed by atoms with E-state index in [-0.39, 0.29) is 30.3 Å². The number of nitrogens with zero attached hydrogens (tertiary/aromatic N) is 2. The number of furan rings is 1. The fraction of sp³-hybridized carbons (Fsp3) is 0.176. The topological polar surface area (TPSA) is 106 Å². The predicted octanol–water partition coefficient (Wildman–Crippen LogP) is 0.756. The highest BCUT2D eigenvalue weighted by Gasteiger charge is 2.13. The number of pyridine rings is 1. The number of carbonyl (C=O) groups is 2. The first-order valence-corrected chi connectivity index (χ1v) is 7.64. The van der Waals surface area contributed by atoms with Crippen LogP contribution in [-0.4, -0.2) is 34.3 Å². The van der Waals surface area contributed by atoms with E-state index < -0.39 is 11.5 Å². The van der Waals surface area contributed by atoms with Gasteiger partial charge in [0.1, 0.15) is 11.2 Å². The smallest absolute Gasteiger partial charge is 0.287 e. The number of amides is 2. The Morgan fingerprint density at radius 3 is 2.64 bits per heavy atom. The number of carbonyl (C=O) groups excluding carboxylic acids is 2. The van der Waals surface area contributed by atoms with Crippen molar-refractivity contribution < 1.29 is 14.0 Å². The van der Waals surface area contributed by atoms with E-state index in [2.05, 4.69) is 15.6 Å². The largest absolute Gasteiger partial charge is 0.459 e. The highest BCUT2D eigenvalue weighted by atomic mass is 16.3. The maximum Gasteiger partial charge on any atom is 0.287 e. The fourth-order valence-corrected chi connectivity index (χ4v) is 2.28. The molecule has 0 aromatic carbocycles. The van der Waals surface area contributed by atoms with E-state index in [9.17, 15) is 14.4 Å². The Bertz CT molecular complexity index is 976. The third kappa shape index (κ3) is 3.57. The minimum atomic E-state index is -0.541. The van der Waals surface area contributed by atoms with E-state index in [0.29, 0.717) is 5.65 Å². The molecule has 2 N–H and O–H groups in total. The maximum atomic E-state index is 12.4. The molecule has 25 heavy (non-hydrogen) atoms. The number of hydrogen-bond donors (Lipinski definition) is 2. The summed E-state index contributed by atoms with van der Waals surface area (Å²) >= 11 is 0. The molecule has 3 aromatic rings. The van der Waals surface area contributed by atoms with E-state index in [1.54, 1.807) is 18.3 Å². The molecule has 2 amide bonds. The van der Waals surface area contributed by atoms with Crippen molar-refractivity contribution in [2.45, 2.75) is 6.92 Å². The Labute approximate surface area is 142 Å². The van der Waals surface area contributed by atoms with Gasteiger partial charge in [0.05, 0.1) is 6.26 Å². The average molecular weight is 340 g/mol. The molecular formula is C17H16N4O4. The van der Waals surface area contributed by atoms with Crippen molar-refractivity contribution in [2.75, 3.05) is 13.1 Å². The van der Waals surface area contributed by atoms with Crippen LogP contribution in [-0.2, 0) is 0 Å². The van der Waals surface area contributed by atoms with Crippen LogP contribution in [0.25, 0.3) is 5.65 Å². The van der Waals surface area contributed by atoms with Crippen molar-refractivity contribution in [3.05, 3.63) is 70.2 Å². The molecule has 0 saturated carbocycles. The van der Waals surface area contributed by atoms with Gasteiger partial charge in [0, 0.05) is 25.5 Å². The zero-order valence-corrected chi connectivity index (χ0v) is 13.5. The van der Waals surface area contributed by atoms with Crippen LogP contribution in [0.3, 0.4) is 0 Å². The molecule has 3 aromatic heterocycles. The van der Waals surface area contributed by atoms with Crippen LogP contribution < -0.4 is 16.2 Å². The Morgan fingerprint density at radius 1 is 1.16 bits per heavy atom. The van der Waals surface area contributed by atoms with Crippen molar-refractivity contribution in [1.82, 2.24) is 20.0 Å². The lowest BCUT2D eigenvalue weighted by Crippen LogP contribution is -2.37. The average Bonchev–Trinajstić information content (AvgIpc) is 3.14. The first-order valence-electron chi connectivity index (χ1n) is 7.64. The minimum absolute atomic E-state index is 0.0551. The summed E-state index contributed by atoms with van der Waals surface area (Å²) < 4.78 is 6.29. The molecule has 0 atom stereocenters. The second kappa shape index (κ2) is 7.00. The van der Waals surface area contributed by atoms with Gasteiger partial charge < -0.3 is 15.1 Å². The van der Waals surface area contributed by atoms with Crippen molar-refractivity contribution in [2.24, 2.45) is 0 Å². The van der Waals surface area contributed by atoms with Crippen LogP contribution in [0.2, 0.25) is 0 Å². The summed E-state index contributed by atoms with van der Waals surface area (Å²) in [5.74, 6) is -0.721. The summed E-state index contributed by atoms with van der Waals surface area (Å²) in [5, 5.41) is 5.18. The zero-order chi connectivity index (χ0) is 17.8. The van der Waals surface area contributed by atoms with Crippen LogP contribution >= 0.6 is 0 Å². The molecular weight excluding hydrogens is 324 g/mol. The lowest BCUT2D eigenvalue weighted by molar-refractivity contribution is 0.0910. The normalized spacial score (nSPS) is 10.6. The minimum Gasteiger partial charge on any atom is -0.459 e. The summed E-state index contributed by atoms with van der Waals surface area (Å²) in [5.41, 5.74) is 0.860. The Kier molecular flexibility index (Phi) is 4.60. The van der Waals surface area contributed by atoms with Gasteiger partial charge in [-0.2, -0.15) is 0 Å². The van der Waals surface area contributed by atoms with E-state index in [1.807, 2.05) is 13.0 Å². The third-order valence-corrected chi connectivity index (χ3v) is 3.54. The van der Waals surface area contributed by atoms with Gasteiger partial charge in [-0.1, -0.05) is 6.07 Å². The molecule has 0 aliphatic carbocycles. The number of aryl methyl sites for hydroxylation is 1. The van der Waals surface area contributed by atoms with E-state index >= 15 is 0 Å². The van der Waals surface area contributed by atoms with Crippen LogP contribution in [0, 0.1) is 6.92 Å². The molecule has 0 aliphatic heterocycles. The maximum absolute atomic E-state index is 12.4. The van der Waals surface area contributed by atoms with Crippen LogP contribution in [0.5, 0.6) is 0 Å². The molecule has 128 valence electrons. The number of fused-ring (bicyclic) bond motifs is 1. The number of hydrogen-bond acceptors (Lipinski definition) is 5. The number of nitrogens with one attached hydrogen (secondary N) is 2. The molecule has 8 nitrogen and oxygen atoms in total. The van der Waals surface area contributed by atoms with Crippen LogP contribution in [0.4, 0.5) is 0 Å². The molecule has 0 saturated heterocycles. The lowest BCUT2D eigenvalue weighted by Gasteiger charge is -2.07. The second-order valence-corrected chi connectivity index (χ2v) is 5.40. The van der Waals surface area contributed by atoms with E-state index in [4.69, 9.17) is 4.42 Å². The van der Waals surface area contributed by atoms with E-state index in [0.717, 1.165) is 5.56 Å². The van der Waals surface area contributed by atoms with Gasteiger partial charge >= 0.3 is 0 Å². The molecule has 3 heterocycles. The molecule has 0 bridgehead atoms. The van der Waals surface area contributed by atoms with Crippen molar-refractivity contribution in [1.29, 1.82) is 0 Å². The van der Waals surface area contributed by atoms with Gasteiger partial charge in [0.2, 0.25) is 0 Å². The van der Waals surface area contributed by atoms with Gasteiger partial charge in [-0.25, -0.2) is 4.98 Å². The standard InChI is InChI=1S/C17H16N4O4/c1-11-4-5-14-20-9-12(17(24)21(14)10-11)15(22)18-6-7-19-16(23)13-3-2-8-25-13/h2-5,8-10H,6-7H2,1H3,(H,18,22)(H,19,23). The monoisotopic (exact) mass is 340 g/mol. The van der Waals surface area contributed by atoms with Crippen molar-refractivity contribution in [3.8, 4) is 0 Å². The molecule has 0 spiro atoms. The summed E-state index contributed by atoms with van der Waals surface area (Å²) in [7, 11) is 0. The first-order chi connectivity index (χ1) is 12.1. The van der Waals surface area contributed by atoms with Gasteiger partial charge in [0.25, 0.3) is 17.4 Å². The van der Waals surface area contributed by atoms with Crippen LogP contribution in [0.1, 0.15) is 26.5 Å². The van der Waals surface area contributed by atoms with Gasteiger partial charge in [-0.05, 0) is 30.7 Å². The summed E-state index contributed by atoms with van der Waals surface area (Å²) in [6.07, 6.45) is 4.29. The Balaban J connectivity index is 1.62. The molecule has 0 unspecified atom stereocenters. The molecule has 0 fully saturated rings. The quantitative estimate of drug-likeness (QED) is 0.667. The number of aromatic nitrogens is 2. The first kappa shape index (κ1) is 16.4. The molecule has 8 heteroatoms. The van der Waals surface area contributed by atoms with Gasteiger partial charge in [-0.15, -0.1) is 0 Å².